The maximum atomic E-state index is 10.7. The molecule has 0 saturated heterocycles. The van der Waals surface area contributed by atoms with Crippen LogP contribution in [0.1, 0.15) is 18.3 Å². The first-order chi connectivity index (χ1) is 15.5. The minimum Gasteiger partial charge on any atom is -0.382 e. The maximum absolute atomic E-state index is 10.7. The van der Waals surface area contributed by atoms with Gasteiger partial charge in [0.1, 0.15) is 5.82 Å². The quantitative estimate of drug-likeness (QED) is 0.389. The zero-order valence-corrected chi connectivity index (χ0v) is 17.7. The molecular formula is C22H23N7O3. The summed E-state index contributed by atoms with van der Waals surface area (Å²) in [6, 6.07) is 9.06. The molecule has 0 radical (unpaired) electrons. The molecule has 1 aliphatic rings. The third kappa shape index (κ3) is 4.60. The van der Waals surface area contributed by atoms with E-state index in [1.54, 1.807) is 44.8 Å². The molecule has 2 atom stereocenters. The van der Waals surface area contributed by atoms with Gasteiger partial charge in [-0.3, -0.25) is 4.90 Å². The van der Waals surface area contributed by atoms with E-state index < -0.39 is 12.0 Å². The molecule has 32 heavy (non-hydrogen) atoms. The van der Waals surface area contributed by atoms with E-state index in [1.165, 1.54) is 0 Å². The molecule has 0 fully saturated rings. The summed E-state index contributed by atoms with van der Waals surface area (Å²) in [5.74, 6) is 6.82. The second-order valence-corrected chi connectivity index (χ2v) is 7.13. The van der Waals surface area contributed by atoms with Gasteiger partial charge in [0.25, 0.3) is 0 Å². The van der Waals surface area contributed by atoms with E-state index >= 15 is 0 Å². The number of hydrogen-bond acceptors (Lipinski definition) is 10. The number of aliphatic hydroxyl groups is 1. The molecule has 0 spiro atoms. The van der Waals surface area contributed by atoms with Crippen LogP contribution in [0.25, 0.3) is 0 Å². The van der Waals surface area contributed by atoms with Gasteiger partial charge in [-0.05, 0) is 37.3 Å². The van der Waals surface area contributed by atoms with Crippen molar-refractivity contribution >= 4 is 23.1 Å². The van der Waals surface area contributed by atoms with E-state index in [9.17, 15) is 5.11 Å². The summed E-state index contributed by atoms with van der Waals surface area (Å²) < 4.78 is 11.0. The van der Waals surface area contributed by atoms with Crippen LogP contribution < -0.4 is 16.0 Å². The summed E-state index contributed by atoms with van der Waals surface area (Å²) in [7, 11) is 1.61. The second-order valence-electron chi connectivity index (χ2n) is 7.13. The van der Waals surface area contributed by atoms with Crippen molar-refractivity contribution in [3.63, 3.8) is 0 Å². The topological polar surface area (TPSA) is 132 Å². The van der Waals surface area contributed by atoms with Gasteiger partial charge in [-0.25, -0.2) is 15.0 Å². The first-order valence-corrected chi connectivity index (χ1v) is 9.90. The van der Waals surface area contributed by atoms with Crippen molar-refractivity contribution in [2.24, 2.45) is 0 Å². The van der Waals surface area contributed by atoms with Gasteiger partial charge in [-0.1, -0.05) is 11.8 Å². The normalized spacial score (nSPS) is 16.5. The average Bonchev–Trinajstić information content (AvgIpc) is 3.16. The highest BCUT2D eigenvalue weighted by atomic mass is 16.5. The lowest BCUT2D eigenvalue weighted by atomic mass is 10.1. The number of fused-ring (bicyclic) bond motifs is 1. The van der Waals surface area contributed by atoms with Gasteiger partial charge >= 0.3 is 0 Å². The molecule has 2 aromatic heterocycles. The minimum absolute atomic E-state index is 0.154. The Labute approximate surface area is 185 Å². The van der Waals surface area contributed by atoms with Crippen molar-refractivity contribution in [1.29, 1.82) is 0 Å². The van der Waals surface area contributed by atoms with Gasteiger partial charge in [0.15, 0.2) is 11.4 Å². The molecule has 1 aliphatic heterocycles. The van der Waals surface area contributed by atoms with Gasteiger partial charge in [-0.15, -0.1) is 0 Å². The van der Waals surface area contributed by atoms with E-state index in [0.717, 1.165) is 11.4 Å². The summed E-state index contributed by atoms with van der Waals surface area (Å²) in [5, 5.41) is 14.0. The van der Waals surface area contributed by atoms with Crippen molar-refractivity contribution in [2.45, 2.75) is 18.9 Å². The van der Waals surface area contributed by atoms with E-state index in [1.807, 2.05) is 23.1 Å². The fraction of sp³-hybridized carbons (Fsp3) is 0.273. The Morgan fingerprint density at radius 3 is 2.75 bits per heavy atom. The van der Waals surface area contributed by atoms with Crippen LogP contribution in [0.3, 0.4) is 0 Å². The summed E-state index contributed by atoms with van der Waals surface area (Å²) in [6.07, 6.45) is 4.20. The lowest BCUT2D eigenvalue weighted by Gasteiger charge is -2.25. The standard InChI is InChI=1S/C22H23N7O3/c1-22(30,19-24-9-3-10-25-19)8-6-15-4-5-16-17(14-15)29(18-7-11-26-20(23)28-18)21(27-16)32-13-12-31-2/h3-5,7,9-11,14,21,27,30H,12-13H2,1-2H3,(H2,23,26,28). The third-order valence-electron chi connectivity index (χ3n) is 4.69. The lowest BCUT2D eigenvalue weighted by molar-refractivity contribution is 0.0361. The molecule has 10 heteroatoms. The zero-order chi connectivity index (χ0) is 22.6. The Balaban J connectivity index is 1.67. The maximum Gasteiger partial charge on any atom is 0.221 e. The Morgan fingerprint density at radius 2 is 2.00 bits per heavy atom. The van der Waals surface area contributed by atoms with Gasteiger partial charge < -0.3 is 25.6 Å². The van der Waals surface area contributed by atoms with Crippen molar-refractivity contribution in [1.82, 2.24) is 19.9 Å². The number of nitrogens with one attached hydrogen (secondary N) is 1. The van der Waals surface area contributed by atoms with E-state index in [2.05, 4.69) is 37.1 Å². The van der Waals surface area contributed by atoms with Crippen LogP contribution in [0.15, 0.2) is 48.9 Å². The molecule has 0 bridgehead atoms. The van der Waals surface area contributed by atoms with Crippen LogP contribution in [0.2, 0.25) is 0 Å². The Morgan fingerprint density at radius 1 is 1.19 bits per heavy atom. The number of nitrogen functional groups attached to an aromatic ring is 1. The number of aromatic nitrogens is 4. The van der Waals surface area contributed by atoms with Crippen molar-refractivity contribution in [2.75, 3.05) is 36.3 Å². The molecule has 164 valence electrons. The molecule has 2 unspecified atom stereocenters. The number of benzene rings is 1. The Kier molecular flexibility index (Phi) is 6.13. The Hall–Kier alpha value is -3.78. The van der Waals surface area contributed by atoms with E-state index in [-0.39, 0.29) is 11.8 Å². The molecule has 0 saturated carbocycles. The predicted molar refractivity (Wildman–Crippen MR) is 119 cm³/mol. The number of rotatable bonds is 6. The number of nitrogens with zero attached hydrogens (tertiary/aromatic N) is 5. The molecule has 4 rings (SSSR count). The largest absolute Gasteiger partial charge is 0.382 e. The fourth-order valence-electron chi connectivity index (χ4n) is 3.16. The highest BCUT2D eigenvalue weighted by molar-refractivity contribution is 5.82. The lowest BCUT2D eigenvalue weighted by Crippen LogP contribution is -2.36. The molecule has 0 amide bonds. The predicted octanol–water partition coefficient (Wildman–Crippen LogP) is 1.62. The van der Waals surface area contributed by atoms with Crippen LogP contribution in [0.4, 0.5) is 23.1 Å². The molecule has 3 aromatic rings. The summed E-state index contributed by atoms with van der Waals surface area (Å²) in [4.78, 5) is 18.4. The smallest absolute Gasteiger partial charge is 0.221 e. The Bertz CT molecular complexity index is 1150. The summed E-state index contributed by atoms with van der Waals surface area (Å²) in [6.45, 7) is 2.38. The van der Waals surface area contributed by atoms with E-state index in [4.69, 9.17) is 15.2 Å². The number of anilines is 4. The molecular weight excluding hydrogens is 410 g/mol. The van der Waals surface area contributed by atoms with Gasteiger partial charge in [0.2, 0.25) is 12.3 Å². The first kappa shape index (κ1) is 21.5. The fourth-order valence-corrected chi connectivity index (χ4v) is 3.16. The molecule has 10 nitrogen and oxygen atoms in total. The van der Waals surface area contributed by atoms with Crippen LogP contribution >= 0.6 is 0 Å². The van der Waals surface area contributed by atoms with Crippen LogP contribution in [0.5, 0.6) is 0 Å². The number of hydrogen-bond donors (Lipinski definition) is 3. The van der Waals surface area contributed by atoms with Crippen molar-refractivity contribution in [3.05, 3.63) is 60.3 Å². The van der Waals surface area contributed by atoms with Crippen LogP contribution in [0, 0.1) is 11.8 Å². The van der Waals surface area contributed by atoms with Crippen LogP contribution in [-0.4, -0.2) is 51.7 Å². The van der Waals surface area contributed by atoms with Gasteiger partial charge in [-0.2, -0.15) is 4.98 Å². The summed E-state index contributed by atoms with van der Waals surface area (Å²) >= 11 is 0. The molecule has 0 aliphatic carbocycles. The van der Waals surface area contributed by atoms with Crippen LogP contribution in [-0.2, 0) is 15.1 Å². The highest BCUT2D eigenvalue weighted by Gasteiger charge is 2.32. The SMILES string of the molecule is COCCOC1Nc2ccc(C#CC(C)(O)c3ncccn3)cc2N1c1ccnc(N)n1. The molecule has 4 N–H and O–H groups in total. The first-order valence-electron chi connectivity index (χ1n) is 9.90. The summed E-state index contributed by atoms with van der Waals surface area (Å²) in [5.41, 5.74) is 6.63. The van der Waals surface area contributed by atoms with Crippen molar-refractivity contribution in [3.8, 4) is 11.8 Å². The monoisotopic (exact) mass is 433 g/mol. The molecule has 3 heterocycles. The van der Waals surface area contributed by atoms with Gasteiger partial charge in [0.05, 0.1) is 24.6 Å². The second kappa shape index (κ2) is 9.15. The van der Waals surface area contributed by atoms with Crippen molar-refractivity contribution < 1.29 is 14.6 Å². The third-order valence-corrected chi connectivity index (χ3v) is 4.69. The minimum atomic E-state index is -1.49. The number of methoxy groups -OCH3 is 1. The average molecular weight is 433 g/mol. The zero-order valence-electron chi connectivity index (χ0n) is 17.7. The number of ether oxygens (including phenoxy) is 2. The highest BCUT2D eigenvalue weighted by Crippen LogP contribution is 2.40. The van der Waals surface area contributed by atoms with E-state index in [0.29, 0.717) is 24.6 Å². The number of nitrogens with two attached hydrogens (primary N) is 1. The molecule has 1 aromatic carbocycles. The van der Waals surface area contributed by atoms with Gasteiger partial charge in [0, 0.05) is 31.3 Å².